The van der Waals surface area contributed by atoms with Gasteiger partial charge < -0.3 is 14.4 Å². The SMILES string of the molecule is O[C@@H]1C[C@H]2CN(Cc3cncn3Cc3ccccc3)C[C@H]2C[C@H]1N1CCOCC1. The van der Waals surface area contributed by atoms with Crippen molar-refractivity contribution in [2.75, 3.05) is 39.4 Å². The summed E-state index contributed by atoms with van der Waals surface area (Å²) in [6, 6.07) is 10.9. The molecule has 1 aromatic heterocycles. The van der Waals surface area contributed by atoms with E-state index in [2.05, 4.69) is 49.7 Å². The van der Waals surface area contributed by atoms with Crippen molar-refractivity contribution < 1.29 is 9.84 Å². The van der Waals surface area contributed by atoms with Crippen molar-refractivity contribution in [1.29, 1.82) is 0 Å². The summed E-state index contributed by atoms with van der Waals surface area (Å²) in [5.41, 5.74) is 2.58. The molecular formula is C23H32N4O2. The highest BCUT2D eigenvalue weighted by Crippen LogP contribution is 2.39. The number of hydrogen-bond acceptors (Lipinski definition) is 5. The summed E-state index contributed by atoms with van der Waals surface area (Å²) in [6.45, 7) is 7.56. The van der Waals surface area contributed by atoms with Crippen LogP contribution in [0.1, 0.15) is 24.1 Å². The Labute approximate surface area is 173 Å². The van der Waals surface area contributed by atoms with Gasteiger partial charge in [0.05, 0.1) is 31.3 Å². The molecule has 1 aliphatic carbocycles. The molecule has 3 aliphatic rings. The van der Waals surface area contributed by atoms with Crippen LogP contribution in [0.2, 0.25) is 0 Å². The lowest BCUT2D eigenvalue weighted by atomic mass is 9.77. The number of ether oxygens (including phenoxy) is 1. The van der Waals surface area contributed by atoms with Gasteiger partial charge in [-0.3, -0.25) is 9.80 Å². The summed E-state index contributed by atoms with van der Waals surface area (Å²) in [5, 5.41) is 10.8. The van der Waals surface area contributed by atoms with Crippen LogP contribution in [0.15, 0.2) is 42.9 Å². The van der Waals surface area contributed by atoms with Gasteiger partial charge in [-0.25, -0.2) is 4.98 Å². The van der Waals surface area contributed by atoms with Crippen LogP contribution in [-0.2, 0) is 17.8 Å². The lowest BCUT2D eigenvalue weighted by molar-refractivity contribution is -0.0520. The first-order valence-corrected chi connectivity index (χ1v) is 11.0. The Kier molecular flexibility index (Phi) is 5.68. The third-order valence-corrected chi connectivity index (χ3v) is 7.08. The van der Waals surface area contributed by atoms with E-state index in [1.165, 1.54) is 11.3 Å². The molecule has 0 bridgehead atoms. The second-order valence-corrected chi connectivity index (χ2v) is 8.97. The van der Waals surface area contributed by atoms with Crippen LogP contribution in [0.5, 0.6) is 0 Å². The number of morpholine rings is 1. The van der Waals surface area contributed by atoms with Gasteiger partial charge in [0.1, 0.15) is 0 Å². The normalized spacial score (nSPS) is 31.1. The minimum Gasteiger partial charge on any atom is -0.391 e. The summed E-state index contributed by atoms with van der Waals surface area (Å²) in [4.78, 5) is 9.45. The maximum atomic E-state index is 10.8. The first-order chi connectivity index (χ1) is 14.3. The summed E-state index contributed by atoms with van der Waals surface area (Å²) in [5.74, 6) is 1.31. The van der Waals surface area contributed by atoms with Gasteiger partial charge in [0.2, 0.25) is 0 Å². The number of nitrogens with zero attached hydrogens (tertiary/aromatic N) is 4. The topological polar surface area (TPSA) is 53.8 Å². The van der Waals surface area contributed by atoms with E-state index in [0.29, 0.717) is 17.9 Å². The van der Waals surface area contributed by atoms with Gasteiger partial charge in [-0.05, 0) is 30.2 Å². The van der Waals surface area contributed by atoms with Crippen molar-refractivity contribution in [3.63, 3.8) is 0 Å². The molecule has 3 fully saturated rings. The number of benzene rings is 1. The zero-order valence-electron chi connectivity index (χ0n) is 17.1. The van der Waals surface area contributed by atoms with Crippen LogP contribution in [0.4, 0.5) is 0 Å². The van der Waals surface area contributed by atoms with E-state index >= 15 is 0 Å². The number of hydrogen-bond donors (Lipinski definition) is 1. The quantitative estimate of drug-likeness (QED) is 0.836. The molecule has 0 amide bonds. The number of aromatic nitrogens is 2. The van der Waals surface area contributed by atoms with Crippen molar-refractivity contribution in [2.45, 2.75) is 38.1 Å². The van der Waals surface area contributed by atoms with Crippen LogP contribution in [-0.4, -0.2) is 76.0 Å². The smallest absolute Gasteiger partial charge is 0.0951 e. The number of aliphatic hydroxyl groups excluding tert-OH is 1. The average Bonchev–Trinajstić information content (AvgIpc) is 3.35. The minimum absolute atomic E-state index is 0.196. The Morgan fingerprint density at radius 3 is 2.55 bits per heavy atom. The van der Waals surface area contributed by atoms with Gasteiger partial charge in [0.15, 0.2) is 0 Å². The number of imidazole rings is 1. The number of fused-ring (bicyclic) bond motifs is 1. The molecule has 6 heteroatoms. The summed E-state index contributed by atoms with van der Waals surface area (Å²) in [7, 11) is 0. The van der Waals surface area contributed by atoms with Crippen LogP contribution in [0, 0.1) is 11.8 Å². The van der Waals surface area contributed by atoms with Gasteiger partial charge in [-0.15, -0.1) is 0 Å². The maximum absolute atomic E-state index is 10.8. The molecule has 0 unspecified atom stereocenters. The maximum Gasteiger partial charge on any atom is 0.0951 e. The van der Waals surface area contributed by atoms with Crippen molar-refractivity contribution >= 4 is 0 Å². The molecule has 2 aliphatic heterocycles. The molecule has 156 valence electrons. The van der Waals surface area contributed by atoms with Crippen LogP contribution in [0.3, 0.4) is 0 Å². The van der Waals surface area contributed by atoms with Gasteiger partial charge in [-0.1, -0.05) is 30.3 Å². The molecule has 0 spiro atoms. The van der Waals surface area contributed by atoms with E-state index in [0.717, 1.165) is 65.3 Å². The molecule has 5 rings (SSSR count). The number of likely N-dealkylation sites (tertiary alicyclic amines) is 1. The highest BCUT2D eigenvalue weighted by molar-refractivity contribution is 5.16. The predicted octanol–water partition coefficient (Wildman–Crippen LogP) is 1.83. The van der Waals surface area contributed by atoms with Crippen molar-refractivity contribution in [3.8, 4) is 0 Å². The second kappa shape index (κ2) is 8.56. The Morgan fingerprint density at radius 2 is 1.76 bits per heavy atom. The van der Waals surface area contributed by atoms with Crippen LogP contribution >= 0.6 is 0 Å². The summed E-state index contributed by atoms with van der Waals surface area (Å²) in [6.07, 6.45) is 5.82. The van der Waals surface area contributed by atoms with Gasteiger partial charge in [0, 0.05) is 51.5 Å². The van der Waals surface area contributed by atoms with Crippen LogP contribution in [0.25, 0.3) is 0 Å². The molecule has 3 heterocycles. The molecule has 2 saturated heterocycles. The molecular weight excluding hydrogens is 364 g/mol. The standard InChI is InChI=1S/C23H32N4O2/c28-23-11-20-15-25(14-19(20)10-22(23)26-6-8-29-9-7-26)16-21-12-24-17-27(21)13-18-4-2-1-3-5-18/h1-5,12,17,19-20,22-23,28H,6-11,13-16H2/t19-,20+,22-,23-/m1/s1. The Hall–Kier alpha value is -1.73. The monoisotopic (exact) mass is 396 g/mol. The molecule has 1 aromatic carbocycles. The zero-order valence-corrected chi connectivity index (χ0v) is 17.1. The first-order valence-electron chi connectivity index (χ1n) is 11.0. The molecule has 6 nitrogen and oxygen atoms in total. The average molecular weight is 397 g/mol. The second-order valence-electron chi connectivity index (χ2n) is 8.97. The van der Waals surface area contributed by atoms with Crippen molar-refractivity contribution in [3.05, 3.63) is 54.1 Å². The van der Waals surface area contributed by atoms with Crippen molar-refractivity contribution in [2.24, 2.45) is 11.8 Å². The van der Waals surface area contributed by atoms with E-state index in [4.69, 9.17) is 4.74 Å². The molecule has 0 radical (unpaired) electrons. The van der Waals surface area contributed by atoms with E-state index < -0.39 is 0 Å². The predicted molar refractivity (Wildman–Crippen MR) is 111 cm³/mol. The number of rotatable bonds is 5. The zero-order chi connectivity index (χ0) is 19.6. The molecule has 1 saturated carbocycles. The molecule has 4 atom stereocenters. The third-order valence-electron chi connectivity index (χ3n) is 7.08. The van der Waals surface area contributed by atoms with E-state index in [1.54, 1.807) is 0 Å². The fourth-order valence-corrected chi connectivity index (χ4v) is 5.57. The Morgan fingerprint density at radius 1 is 1.00 bits per heavy atom. The number of aliphatic hydroxyl groups is 1. The molecule has 29 heavy (non-hydrogen) atoms. The van der Waals surface area contributed by atoms with Crippen LogP contribution < -0.4 is 0 Å². The minimum atomic E-state index is -0.196. The van der Waals surface area contributed by atoms with E-state index in [9.17, 15) is 5.11 Å². The molecule has 1 N–H and O–H groups in total. The van der Waals surface area contributed by atoms with Gasteiger partial charge in [-0.2, -0.15) is 0 Å². The fraction of sp³-hybridized carbons (Fsp3) is 0.609. The summed E-state index contributed by atoms with van der Waals surface area (Å²) >= 11 is 0. The summed E-state index contributed by atoms with van der Waals surface area (Å²) < 4.78 is 7.77. The Bertz CT molecular complexity index is 789. The highest BCUT2D eigenvalue weighted by atomic mass is 16.5. The van der Waals surface area contributed by atoms with Crippen molar-refractivity contribution in [1.82, 2.24) is 19.4 Å². The highest BCUT2D eigenvalue weighted by Gasteiger charge is 2.43. The third kappa shape index (κ3) is 4.26. The van der Waals surface area contributed by atoms with Gasteiger partial charge >= 0.3 is 0 Å². The van der Waals surface area contributed by atoms with Gasteiger partial charge in [0.25, 0.3) is 0 Å². The largest absolute Gasteiger partial charge is 0.391 e. The first kappa shape index (κ1) is 19.2. The van der Waals surface area contributed by atoms with E-state index in [-0.39, 0.29) is 6.10 Å². The molecule has 2 aromatic rings. The fourth-order valence-electron chi connectivity index (χ4n) is 5.57. The lowest BCUT2D eigenvalue weighted by Crippen LogP contribution is -2.53. The Balaban J connectivity index is 1.21. The lowest BCUT2D eigenvalue weighted by Gasteiger charge is -2.43. The van der Waals surface area contributed by atoms with E-state index in [1.807, 2.05) is 12.5 Å².